The summed E-state index contributed by atoms with van der Waals surface area (Å²) in [5, 5.41) is 3.58. The summed E-state index contributed by atoms with van der Waals surface area (Å²) in [5.74, 6) is 0.0415. The molecular weight excluding hydrogens is 366 g/mol. The van der Waals surface area contributed by atoms with Gasteiger partial charge in [0.15, 0.2) is 5.58 Å². The number of fused-ring (bicyclic) bond motifs is 1. The summed E-state index contributed by atoms with van der Waals surface area (Å²) in [6.45, 7) is 3.73. The van der Waals surface area contributed by atoms with Gasteiger partial charge in [0.05, 0.1) is 24.1 Å². The van der Waals surface area contributed by atoms with Crippen LogP contribution in [0.5, 0.6) is 0 Å². The van der Waals surface area contributed by atoms with E-state index < -0.39 is 0 Å². The molecule has 4 rings (SSSR count). The molecule has 1 aliphatic heterocycles. The van der Waals surface area contributed by atoms with Crippen molar-refractivity contribution >= 4 is 34.6 Å². The lowest BCUT2D eigenvalue weighted by atomic mass is 9.96. The van der Waals surface area contributed by atoms with Gasteiger partial charge >= 0.3 is 0 Å². The molecule has 140 valence electrons. The summed E-state index contributed by atoms with van der Waals surface area (Å²) in [6.07, 6.45) is 4.90. The van der Waals surface area contributed by atoms with Gasteiger partial charge < -0.3 is 14.6 Å². The predicted molar refractivity (Wildman–Crippen MR) is 103 cm³/mol. The summed E-state index contributed by atoms with van der Waals surface area (Å²) >= 11 is 6.00. The molecule has 0 atom stereocenters. The molecule has 27 heavy (non-hydrogen) atoms. The van der Waals surface area contributed by atoms with Crippen LogP contribution in [0.25, 0.3) is 11.1 Å². The van der Waals surface area contributed by atoms with Gasteiger partial charge in [0, 0.05) is 36.3 Å². The van der Waals surface area contributed by atoms with E-state index in [4.69, 9.17) is 16.0 Å². The van der Waals surface area contributed by atoms with E-state index in [9.17, 15) is 4.79 Å². The summed E-state index contributed by atoms with van der Waals surface area (Å²) in [5.41, 5.74) is 3.08. The summed E-state index contributed by atoms with van der Waals surface area (Å²) in [6, 6.07) is 5.99. The van der Waals surface area contributed by atoms with E-state index in [0.29, 0.717) is 23.2 Å². The van der Waals surface area contributed by atoms with Gasteiger partial charge in [0.2, 0.25) is 5.91 Å². The standard InChI is InChI=1S/C19H20ClN5O2/c1-12-9-22-15(10-21-12)11-23-18(26)13-4-6-25(7-5-13)19-24-16-3-2-14(20)8-17(16)27-19/h2-3,8-10,13H,4-7,11H2,1H3,(H,23,26). The molecule has 0 bridgehead atoms. The molecule has 7 nitrogen and oxygen atoms in total. The lowest BCUT2D eigenvalue weighted by molar-refractivity contribution is -0.125. The second-order valence-corrected chi connectivity index (χ2v) is 7.17. The molecule has 0 spiro atoms. The molecule has 1 aromatic carbocycles. The minimum atomic E-state index is -0.0153. The number of halogens is 1. The number of oxazole rings is 1. The zero-order valence-corrected chi connectivity index (χ0v) is 15.7. The maximum absolute atomic E-state index is 12.4. The third-order valence-corrected chi connectivity index (χ3v) is 4.99. The Kier molecular flexibility index (Phi) is 4.94. The smallest absolute Gasteiger partial charge is 0.298 e. The molecule has 1 N–H and O–H groups in total. The van der Waals surface area contributed by atoms with Crippen LogP contribution in [0.4, 0.5) is 6.01 Å². The first-order chi connectivity index (χ1) is 13.1. The molecular formula is C19H20ClN5O2. The van der Waals surface area contributed by atoms with Crippen LogP contribution in [-0.2, 0) is 11.3 Å². The quantitative estimate of drug-likeness (QED) is 0.742. The Morgan fingerprint density at radius 3 is 2.85 bits per heavy atom. The Balaban J connectivity index is 1.32. The normalized spacial score (nSPS) is 15.3. The van der Waals surface area contributed by atoms with Gasteiger partial charge in [-0.1, -0.05) is 11.6 Å². The summed E-state index contributed by atoms with van der Waals surface area (Å²) in [7, 11) is 0. The fourth-order valence-corrected chi connectivity index (χ4v) is 3.35. The SMILES string of the molecule is Cc1cnc(CNC(=O)C2CCN(c3nc4ccc(Cl)cc4o3)CC2)cn1. The highest BCUT2D eigenvalue weighted by atomic mass is 35.5. The number of carbonyl (C=O) groups excluding carboxylic acids is 1. The summed E-state index contributed by atoms with van der Waals surface area (Å²) in [4.78, 5) is 27.5. The molecule has 3 aromatic rings. The Morgan fingerprint density at radius 2 is 2.11 bits per heavy atom. The highest BCUT2D eigenvalue weighted by Gasteiger charge is 2.27. The number of anilines is 1. The lowest BCUT2D eigenvalue weighted by Crippen LogP contribution is -2.40. The molecule has 2 aromatic heterocycles. The topological polar surface area (TPSA) is 84.2 Å². The molecule has 0 aliphatic carbocycles. The largest absolute Gasteiger partial charge is 0.423 e. The van der Waals surface area contributed by atoms with Gasteiger partial charge in [-0.05, 0) is 31.9 Å². The lowest BCUT2D eigenvalue weighted by Gasteiger charge is -2.30. The first kappa shape index (κ1) is 17.7. The second kappa shape index (κ2) is 7.52. The number of nitrogens with one attached hydrogen (secondary N) is 1. The molecule has 1 aliphatic rings. The van der Waals surface area contributed by atoms with Crippen LogP contribution in [0.15, 0.2) is 35.0 Å². The molecule has 1 amide bonds. The molecule has 3 heterocycles. The predicted octanol–water partition coefficient (Wildman–Crippen LogP) is 3.11. The van der Waals surface area contributed by atoms with E-state index in [1.165, 1.54) is 0 Å². The monoisotopic (exact) mass is 385 g/mol. The third kappa shape index (κ3) is 4.03. The molecule has 8 heteroatoms. The number of hydrogen-bond acceptors (Lipinski definition) is 6. The number of piperidine rings is 1. The van der Waals surface area contributed by atoms with Gasteiger partial charge in [-0.3, -0.25) is 14.8 Å². The zero-order chi connectivity index (χ0) is 18.8. The van der Waals surface area contributed by atoms with E-state index in [-0.39, 0.29) is 11.8 Å². The Bertz CT molecular complexity index is 948. The molecule has 1 saturated heterocycles. The fraction of sp³-hybridized carbons (Fsp3) is 0.368. The van der Waals surface area contributed by atoms with Gasteiger partial charge in [0.25, 0.3) is 6.01 Å². The van der Waals surface area contributed by atoms with Crippen LogP contribution in [-0.4, -0.2) is 33.9 Å². The van der Waals surface area contributed by atoms with Gasteiger partial charge in [-0.15, -0.1) is 0 Å². The van der Waals surface area contributed by atoms with Gasteiger partial charge in [-0.2, -0.15) is 4.98 Å². The van der Waals surface area contributed by atoms with Gasteiger partial charge in [-0.25, -0.2) is 0 Å². The van der Waals surface area contributed by atoms with Crippen molar-refractivity contribution in [3.05, 3.63) is 47.0 Å². The Hall–Kier alpha value is -2.67. The molecule has 0 saturated carbocycles. The average molecular weight is 386 g/mol. The molecule has 1 fully saturated rings. The maximum Gasteiger partial charge on any atom is 0.298 e. The number of amides is 1. The maximum atomic E-state index is 12.4. The third-order valence-electron chi connectivity index (χ3n) is 4.75. The summed E-state index contributed by atoms with van der Waals surface area (Å²) < 4.78 is 5.81. The number of benzene rings is 1. The van der Waals surface area contributed by atoms with E-state index in [1.807, 2.05) is 13.0 Å². The first-order valence-electron chi connectivity index (χ1n) is 8.95. The van der Waals surface area contributed by atoms with E-state index in [0.717, 1.165) is 42.8 Å². The van der Waals surface area contributed by atoms with Crippen molar-refractivity contribution in [1.82, 2.24) is 20.3 Å². The van der Waals surface area contributed by atoms with E-state index in [1.54, 1.807) is 24.5 Å². The number of carbonyl (C=O) groups is 1. The average Bonchev–Trinajstić information content (AvgIpc) is 3.10. The van der Waals surface area contributed by atoms with E-state index >= 15 is 0 Å². The number of aromatic nitrogens is 3. The first-order valence-corrected chi connectivity index (χ1v) is 9.32. The molecule has 0 radical (unpaired) electrons. The van der Waals surface area contributed by atoms with Crippen molar-refractivity contribution in [1.29, 1.82) is 0 Å². The minimum Gasteiger partial charge on any atom is -0.423 e. The number of aryl methyl sites for hydroxylation is 1. The second-order valence-electron chi connectivity index (χ2n) is 6.74. The number of nitrogens with zero attached hydrogens (tertiary/aromatic N) is 4. The van der Waals surface area contributed by atoms with Crippen molar-refractivity contribution in [3.8, 4) is 0 Å². The van der Waals surface area contributed by atoms with Crippen molar-refractivity contribution in [2.75, 3.05) is 18.0 Å². The van der Waals surface area contributed by atoms with E-state index in [2.05, 4.69) is 25.2 Å². The highest BCUT2D eigenvalue weighted by Crippen LogP contribution is 2.28. The van der Waals surface area contributed by atoms with Crippen LogP contribution in [0.1, 0.15) is 24.2 Å². The van der Waals surface area contributed by atoms with Crippen molar-refractivity contribution < 1.29 is 9.21 Å². The number of hydrogen-bond donors (Lipinski definition) is 1. The van der Waals surface area contributed by atoms with Crippen LogP contribution >= 0.6 is 11.6 Å². The minimum absolute atomic E-state index is 0.0153. The van der Waals surface area contributed by atoms with Gasteiger partial charge in [0.1, 0.15) is 5.52 Å². The van der Waals surface area contributed by atoms with Crippen molar-refractivity contribution in [2.45, 2.75) is 26.3 Å². The fourth-order valence-electron chi connectivity index (χ4n) is 3.19. The van der Waals surface area contributed by atoms with Crippen molar-refractivity contribution in [2.24, 2.45) is 5.92 Å². The highest BCUT2D eigenvalue weighted by molar-refractivity contribution is 6.31. The van der Waals surface area contributed by atoms with Crippen LogP contribution in [0, 0.1) is 12.8 Å². The Labute approximate surface area is 161 Å². The van der Waals surface area contributed by atoms with Crippen LogP contribution in [0.3, 0.4) is 0 Å². The van der Waals surface area contributed by atoms with Crippen LogP contribution < -0.4 is 10.2 Å². The molecule has 0 unspecified atom stereocenters. The van der Waals surface area contributed by atoms with Crippen molar-refractivity contribution in [3.63, 3.8) is 0 Å². The Morgan fingerprint density at radius 1 is 1.30 bits per heavy atom. The van der Waals surface area contributed by atoms with Crippen LogP contribution in [0.2, 0.25) is 5.02 Å². The number of rotatable bonds is 4. The zero-order valence-electron chi connectivity index (χ0n) is 15.0.